The van der Waals surface area contributed by atoms with Gasteiger partial charge < -0.3 is 0 Å². The first kappa shape index (κ1) is 35.7. The number of nitrogens with zero attached hydrogens (tertiary/aromatic N) is 3. The Kier molecular flexibility index (Phi) is 10.8. The summed E-state index contributed by atoms with van der Waals surface area (Å²) >= 11 is 0. The Morgan fingerprint density at radius 1 is 0.346 bits per heavy atom. The van der Waals surface area contributed by atoms with E-state index < -0.39 is 0 Å². The molecule has 7 aliphatic carbocycles. The van der Waals surface area contributed by atoms with E-state index in [0.29, 0.717) is 36.5 Å². The Labute approximate surface area is 318 Å². The molecule has 3 heterocycles. The van der Waals surface area contributed by atoms with Gasteiger partial charge in [-0.15, -0.1) is 0 Å². The van der Waals surface area contributed by atoms with E-state index in [0.717, 1.165) is 66.1 Å². The van der Waals surface area contributed by atoms with Gasteiger partial charge in [0.05, 0.1) is 30.5 Å². The topological polar surface area (TPSA) is 66.4 Å². The van der Waals surface area contributed by atoms with Crippen LogP contribution in [0.5, 0.6) is 0 Å². The van der Waals surface area contributed by atoms with Crippen molar-refractivity contribution in [3.05, 3.63) is 0 Å². The largest absolute Gasteiger partial charge is 0.293 e. The van der Waals surface area contributed by atoms with Gasteiger partial charge in [0, 0.05) is 42.2 Å². The van der Waals surface area contributed by atoms with Crippen LogP contribution < -0.4 is 16.0 Å². The Hall–Kier alpha value is -0.710. The van der Waals surface area contributed by atoms with Gasteiger partial charge in [0.25, 0.3) is 0 Å². The molecular weight excluding hydrogens is 637 g/mol. The zero-order valence-corrected chi connectivity index (χ0v) is 33.0. The van der Waals surface area contributed by atoms with Crippen molar-refractivity contribution in [3.8, 4) is 6.07 Å². The maximum Gasteiger partial charge on any atom is 0.0672 e. The van der Waals surface area contributed by atoms with Crippen molar-refractivity contribution in [1.82, 2.24) is 25.8 Å². The van der Waals surface area contributed by atoms with Gasteiger partial charge in [0.15, 0.2) is 0 Å². The van der Waals surface area contributed by atoms with E-state index in [4.69, 9.17) is 0 Å². The second-order valence-corrected chi connectivity index (χ2v) is 20.7. The molecule has 290 valence electrons. The van der Waals surface area contributed by atoms with E-state index in [-0.39, 0.29) is 5.92 Å². The molecule has 3 N–H and O–H groups in total. The minimum Gasteiger partial charge on any atom is -0.293 e. The standard InChI is InChI=1S/C46H76N6/c47-29-32-27-37(46-49-44(30-15-3-1-4-16-30)48-45(50-46)31-17-5-2-6-18-31)43(52-40-25-13-9-21-35(40)36-22-10-14-26-41(36)52)28-42(32)51-38-23-11-7-19-33(38)34-20-8-12-24-39(34)51/h30-46,48-50H,1-28H2. The molecule has 7 saturated carbocycles. The summed E-state index contributed by atoms with van der Waals surface area (Å²) in [5.74, 6) is 5.86. The SMILES string of the molecule is N#CC1CC(C2NC(C3CCCCC3)NC(C3CCCCC3)N2)C(N2C3CCCCC3C3CCCCC32)CC1N1C2CCCCC2C2CCCCC21. The number of hydrogen-bond acceptors (Lipinski definition) is 6. The summed E-state index contributed by atoms with van der Waals surface area (Å²) in [6, 6.07) is 7.28. The highest BCUT2D eigenvalue weighted by atomic mass is 15.4. The van der Waals surface area contributed by atoms with Crippen molar-refractivity contribution in [2.45, 2.75) is 235 Å². The average Bonchev–Trinajstić information content (AvgIpc) is 3.74. The van der Waals surface area contributed by atoms with Gasteiger partial charge in [-0.2, -0.15) is 5.26 Å². The summed E-state index contributed by atoms with van der Waals surface area (Å²) in [6.07, 6.45) is 40.6. The van der Waals surface area contributed by atoms with E-state index in [1.807, 2.05) is 0 Å². The summed E-state index contributed by atoms with van der Waals surface area (Å²) in [7, 11) is 0. The molecule has 10 fully saturated rings. The van der Waals surface area contributed by atoms with E-state index in [1.165, 1.54) is 173 Å². The quantitative estimate of drug-likeness (QED) is 0.265. The highest BCUT2D eigenvalue weighted by molar-refractivity contribution is 5.15. The predicted octanol–water partition coefficient (Wildman–Crippen LogP) is 9.06. The molecule has 0 aromatic heterocycles. The summed E-state index contributed by atoms with van der Waals surface area (Å²) in [5.41, 5.74) is 0. The summed E-state index contributed by atoms with van der Waals surface area (Å²) in [6.45, 7) is 0. The Bertz CT molecular complexity index is 1170. The molecule has 0 amide bonds. The maximum atomic E-state index is 11.3. The van der Waals surface area contributed by atoms with Gasteiger partial charge in [-0.3, -0.25) is 25.8 Å². The molecule has 0 spiro atoms. The summed E-state index contributed by atoms with van der Waals surface area (Å²) in [5, 5.41) is 24.4. The molecule has 3 saturated heterocycles. The molecule has 10 aliphatic rings. The molecule has 14 unspecified atom stereocenters. The molecule has 0 aromatic rings. The zero-order valence-electron chi connectivity index (χ0n) is 33.0. The Morgan fingerprint density at radius 3 is 1.13 bits per heavy atom. The van der Waals surface area contributed by atoms with Crippen molar-refractivity contribution < 1.29 is 0 Å². The summed E-state index contributed by atoms with van der Waals surface area (Å²) in [4.78, 5) is 6.47. The highest BCUT2D eigenvalue weighted by Gasteiger charge is 2.59. The van der Waals surface area contributed by atoms with E-state index in [9.17, 15) is 5.26 Å². The van der Waals surface area contributed by atoms with Crippen molar-refractivity contribution >= 4 is 0 Å². The monoisotopic (exact) mass is 713 g/mol. The molecule has 52 heavy (non-hydrogen) atoms. The van der Waals surface area contributed by atoms with Crippen molar-refractivity contribution in [1.29, 1.82) is 5.26 Å². The van der Waals surface area contributed by atoms with Crippen LogP contribution in [0.1, 0.15) is 180 Å². The van der Waals surface area contributed by atoms with Crippen molar-refractivity contribution in [2.75, 3.05) is 0 Å². The zero-order chi connectivity index (χ0) is 34.6. The fourth-order valence-electron chi connectivity index (χ4n) is 16.3. The minimum absolute atomic E-state index is 0.163. The van der Waals surface area contributed by atoms with Crippen molar-refractivity contribution in [3.63, 3.8) is 0 Å². The fourth-order valence-corrected chi connectivity index (χ4v) is 16.3. The van der Waals surface area contributed by atoms with Gasteiger partial charge in [-0.05, 0) is 125 Å². The highest BCUT2D eigenvalue weighted by Crippen LogP contribution is 2.56. The molecule has 3 aliphatic heterocycles. The van der Waals surface area contributed by atoms with Crippen LogP contribution in [0, 0.1) is 58.7 Å². The van der Waals surface area contributed by atoms with Gasteiger partial charge in [0.1, 0.15) is 0 Å². The van der Waals surface area contributed by atoms with Gasteiger partial charge >= 0.3 is 0 Å². The Morgan fingerprint density at radius 2 is 0.712 bits per heavy atom. The fraction of sp³-hybridized carbons (Fsp3) is 0.978. The van der Waals surface area contributed by atoms with Crippen LogP contribution in [0.15, 0.2) is 0 Å². The number of nitrogens with one attached hydrogen (secondary N) is 3. The van der Waals surface area contributed by atoms with Crippen LogP contribution >= 0.6 is 0 Å². The second kappa shape index (κ2) is 15.7. The normalized spacial score (nSPS) is 49.7. The third-order valence-corrected chi connectivity index (χ3v) is 18.4. The lowest BCUT2D eigenvalue weighted by Crippen LogP contribution is -2.75. The molecular formula is C46H76N6. The third kappa shape index (κ3) is 6.47. The van der Waals surface area contributed by atoms with E-state index >= 15 is 0 Å². The molecule has 10 rings (SSSR count). The molecule has 0 radical (unpaired) electrons. The average molecular weight is 713 g/mol. The van der Waals surface area contributed by atoms with Crippen LogP contribution in [-0.4, -0.2) is 64.5 Å². The second-order valence-electron chi connectivity index (χ2n) is 20.7. The van der Waals surface area contributed by atoms with Crippen molar-refractivity contribution in [2.24, 2.45) is 47.3 Å². The maximum absolute atomic E-state index is 11.3. The van der Waals surface area contributed by atoms with Gasteiger partial charge in [-0.1, -0.05) is 89.9 Å². The predicted molar refractivity (Wildman–Crippen MR) is 210 cm³/mol. The molecule has 6 nitrogen and oxygen atoms in total. The molecule has 0 bridgehead atoms. The van der Waals surface area contributed by atoms with Crippen LogP contribution in [0.25, 0.3) is 0 Å². The van der Waals surface area contributed by atoms with Gasteiger partial charge in [0.2, 0.25) is 0 Å². The number of nitriles is 1. The van der Waals surface area contributed by atoms with Gasteiger partial charge in [-0.25, -0.2) is 0 Å². The Balaban J connectivity index is 1.02. The molecule has 14 atom stereocenters. The van der Waals surface area contributed by atoms with E-state index in [1.54, 1.807) is 0 Å². The lowest BCUT2D eigenvalue weighted by molar-refractivity contribution is -0.0549. The molecule has 0 aromatic carbocycles. The minimum atomic E-state index is 0.163. The lowest BCUT2D eigenvalue weighted by atomic mass is 9.70. The number of fused-ring (bicyclic) bond motifs is 6. The summed E-state index contributed by atoms with van der Waals surface area (Å²) < 4.78 is 0. The first-order valence-corrected chi connectivity index (χ1v) is 24.0. The van der Waals surface area contributed by atoms with Crippen LogP contribution in [0.2, 0.25) is 0 Å². The van der Waals surface area contributed by atoms with E-state index in [2.05, 4.69) is 31.8 Å². The number of rotatable bonds is 5. The van der Waals surface area contributed by atoms with Crippen LogP contribution in [0.4, 0.5) is 0 Å². The molecule has 6 heteroatoms. The first-order chi connectivity index (χ1) is 25.8. The number of likely N-dealkylation sites (tertiary alicyclic amines) is 2. The number of hydrogen-bond donors (Lipinski definition) is 3. The first-order valence-electron chi connectivity index (χ1n) is 24.0. The smallest absolute Gasteiger partial charge is 0.0672 e. The van der Waals surface area contributed by atoms with Crippen LogP contribution in [0.3, 0.4) is 0 Å². The third-order valence-electron chi connectivity index (χ3n) is 18.4. The lowest BCUT2D eigenvalue weighted by Gasteiger charge is -2.56. The van der Waals surface area contributed by atoms with Crippen LogP contribution in [-0.2, 0) is 0 Å².